The Labute approximate surface area is 214 Å². The summed E-state index contributed by atoms with van der Waals surface area (Å²) in [5.74, 6) is 1.07. The van der Waals surface area contributed by atoms with Gasteiger partial charge in [-0.05, 0) is 57.7 Å². The number of benzene rings is 1. The van der Waals surface area contributed by atoms with Crippen LogP contribution in [0.4, 0.5) is 4.79 Å². The van der Waals surface area contributed by atoms with E-state index in [0.29, 0.717) is 24.1 Å². The van der Waals surface area contributed by atoms with E-state index in [-0.39, 0.29) is 25.3 Å². The number of hydrogen-bond acceptors (Lipinski definition) is 5. The Morgan fingerprint density at radius 3 is 2.25 bits per heavy atom. The number of alkyl carbamates (subject to hydrolysis) is 1. The molecule has 1 rings (SSSR count). The molecule has 0 saturated heterocycles. The van der Waals surface area contributed by atoms with Crippen LogP contribution in [0.3, 0.4) is 0 Å². The van der Waals surface area contributed by atoms with Crippen LogP contribution in [0.1, 0.15) is 83.9 Å². The Kier molecular flexibility index (Phi) is 12.5. The van der Waals surface area contributed by atoms with Crippen LogP contribution in [0, 0.1) is 12.3 Å². The molecular formula is C27H40N4O5. The monoisotopic (exact) mass is 500 g/mol. The van der Waals surface area contributed by atoms with Gasteiger partial charge in [-0.25, -0.2) is 4.79 Å². The van der Waals surface area contributed by atoms with Crippen molar-refractivity contribution in [1.82, 2.24) is 15.5 Å². The Balaban J connectivity index is 3.41. The van der Waals surface area contributed by atoms with Crippen molar-refractivity contribution in [2.24, 2.45) is 5.73 Å². The molecule has 1 aromatic carbocycles. The molecule has 36 heavy (non-hydrogen) atoms. The minimum Gasteiger partial charge on any atom is -0.444 e. The Morgan fingerprint density at radius 1 is 1.11 bits per heavy atom. The highest BCUT2D eigenvalue weighted by atomic mass is 16.6. The maximum atomic E-state index is 13.8. The third-order valence-corrected chi connectivity index (χ3v) is 5.20. The molecule has 2 atom stereocenters. The summed E-state index contributed by atoms with van der Waals surface area (Å²) in [7, 11) is 0. The van der Waals surface area contributed by atoms with E-state index in [2.05, 4.69) is 16.6 Å². The Hall–Kier alpha value is -3.54. The van der Waals surface area contributed by atoms with E-state index in [0.717, 1.165) is 12.8 Å². The predicted molar refractivity (Wildman–Crippen MR) is 139 cm³/mol. The molecule has 0 aliphatic carbocycles. The maximum absolute atomic E-state index is 13.8. The van der Waals surface area contributed by atoms with Crippen LogP contribution in [0.25, 0.3) is 0 Å². The molecular weight excluding hydrogens is 460 g/mol. The van der Waals surface area contributed by atoms with Gasteiger partial charge in [-0.1, -0.05) is 38.3 Å². The summed E-state index contributed by atoms with van der Waals surface area (Å²) in [5, 5.41) is 5.47. The highest BCUT2D eigenvalue weighted by Crippen LogP contribution is 2.24. The number of carbonyl (C=O) groups excluding carboxylic acids is 4. The Bertz CT molecular complexity index is 931. The van der Waals surface area contributed by atoms with Gasteiger partial charge in [0.15, 0.2) is 0 Å². The SMILES string of the molecule is C#Cc1ccc(C(C(=O)NCCCC)N(CCC)C(=O)C(CCC(N)=O)NC(=O)OC(C)(C)C)cc1. The van der Waals surface area contributed by atoms with E-state index < -0.39 is 35.6 Å². The van der Waals surface area contributed by atoms with Crippen LogP contribution >= 0.6 is 0 Å². The van der Waals surface area contributed by atoms with Crippen molar-refractivity contribution >= 4 is 23.8 Å². The van der Waals surface area contributed by atoms with E-state index in [9.17, 15) is 19.2 Å². The van der Waals surface area contributed by atoms with Crippen molar-refractivity contribution in [2.45, 2.75) is 84.4 Å². The first kappa shape index (κ1) is 30.5. The summed E-state index contributed by atoms with van der Waals surface area (Å²) in [4.78, 5) is 52.6. The molecule has 4 N–H and O–H groups in total. The summed E-state index contributed by atoms with van der Waals surface area (Å²) in [6.45, 7) is 9.70. The van der Waals surface area contributed by atoms with Crippen LogP contribution in [0.15, 0.2) is 24.3 Å². The first-order valence-electron chi connectivity index (χ1n) is 12.4. The number of terminal acetylenes is 1. The topological polar surface area (TPSA) is 131 Å². The fraction of sp³-hybridized carbons (Fsp3) is 0.556. The first-order chi connectivity index (χ1) is 16.9. The zero-order chi connectivity index (χ0) is 27.3. The average Bonchev–Trinajstić information content (AvgIpc) is 2.80. The van der Waals surface area contributed by atoms with E-state index in [1.54, 1.807) is 45.0 Å². The van der Waals surface area contributed by atoms with Gasteiger partial charge in [0.25, 0.3) is 0 Å². The van der Waals surface area contributed by atoms with Crippen LogP contribution in [-0.2, 0) is 19.1 Å². The summed E-state index contributed by atoms with van der Waals surface area (Å²) < 4.78 is 5.31. The molecule has 1 aromatic rings. The minimum atomic E-state index is -1.12. The van der Waals surface area contributed by atoms with Crippen LogP contribution in [-0.4, -0.2) is 53.4 Å². The highest BCUT2D eigenvalue weighted by Gasteiger charge is 2.35. The standard InChI is InChI=1S/C27H40N4O5/c1-7-10-17-29-24(33)23(20-13-11-19(9-3)12-14-20)31(18-8-2)25(34)21(15-16-22(28)32)30-26(35)36-27(4,5)6/h3,11-14,21,23H,7-8,10,15-18H2,1-2,4-6H3,(H2,28,32)(H,29,33)(H,30,35). The number of rotatable bonds is 13. The van der Waals surface area contributed by atoms with Gasteiger partial charge in [0.05, 0.1) is 0 Å². The molecule has 198 valence electrons. The van der Waals surface area contributed by atoms with Gasteiger partial charge >= 0.3 is 6.09 Å². The number of nitrogens with zero attached hydrogens (tertiary/aromatic N) is 1. The van der Waals surface area contributed by atoms with Crippen LogP contribution < -0.4 is 16.4 Å². The lowest BCUT2D eigenvalue weighted by molar-refractivity contribution is -0.142. The van der Waals surface area contributed by atoms with Gasteiger partial charge in [-0.15, -0.1) is 6.42 Å². The predicted octanol–water partition coefficient (Wildman–Crippen LogP) is 3.02. The van der Waals surface area contributed by atoms with Gasteiger partial charge in [-0.3, -0.25) is 14.4 Å². The molecule has 0 radical (unpaired) electrons. The Morgan fingerprint density at radius 2 is 1.75 bits per heavy atom. The average molecular weight is 501 g/mol. The zero-order valence-corrected chi connectivity index (χ0v) is 22.1. The second kappa shape index (κ2) is 14.8. The number of nitrogens with two attached hydrogens (primary N) is 1. The number of unbranched alkanes of at least 4 members (excludes halogenated alkanes) is 1. The summed E-state index contributed by atoms with van der Waals surface area (Å²) in [6, 6.07) is 4.77. The largest absolute Gasteiger partial charge is 0.444 e. The van der Waals surface area contributed by atoms with Crippen molar-refractivity contribution in [3.63, 3.8) is 0 Å². The number of nitrogens with one attached hydrogen (secondary N) is 2. The van der Waals surface area contributed by atoms with Crippen molar-refractivity contribution in [1.29, 1.82) is 0 Å². The third-order valence-electron chi connectivity index (χ3n) is 5.20. The molecule has 2 unspecified atom stereocenters. The first-order valence-corrected chi connectivity index (χ1v) is 12.4. The van der Waals surface area contributed by atoms with Crippen molar-refractivity contribution in [3.8, 4) is 12.3 Å². The normalized spacial score (nSPS) is 12.6. The summed E-state index contributed by atoms with van der Waals surface area (Å²) in [6.07, 6.45) is 6.76. The molecule has 0 aromatic heterocycles. The fourth-order valence-electron chi connectivity index (χ4n) is 3.52. The van der Waals surface area contributed by atoms with E-state index in [4.69, 9.17) is 16.9 Å². The van der Waals surface area contributed by atoms with Crippen LogP contribution in [0.2, 0.25) is 0 Å². The van der Waals surface area contributed by atoms with Gasteiger partial charge in [0.1, 0.15) is 17.7 Å². The van der Waals surface area contributed by atoms with E-state index in [1.807, 2.05) is 13.8 Å². The molecule has 0 heterocycles. The second-order valence-corrected chi connectivity index (χ2v) is 9.55. The smallest absolute Gasteiger partial charge is 0.408 e. The van der Waals surface area contributed by atoms with Crippen molar-refractivity contribution < 1.29 is 23.9 Å². The van der Waals surface area contributed by atoms with E-state index in [1.165, 1.54) is 4.90 Å². The number of carbonyl (C=O) groups is 4. The highest BCUT2D eigenvalue weighted by molar-refractivity contribution is 5.92. The molecule has 0 aliphatic rings. The molecule has 9 heteroatoms. The van der Waals surface area contributed by atoms with Gasteiger partial charge in [-0.2, -0.15) is 0 Å². The summed E-state index contributed by atoms with van der Waals surface area (Å²) >= 11 is 0. The number of primary amides is 1. The zero-order valence-electron chi connectivity index (χ0n) is 22.1. The van der Waals surface area contributed by atoms with Crippen molar-refractivity contribution in [3.05, 3.63) is 35.4 Å². The second-order valence-electron chi connectivity index (χ2n) is 9.55. The molecule has 4 amide bonds. The number of hydrogen-bond donors (Lipinski definition) is 3. The molecule has 0 bridgehead atoms. The van der Waals surface area contributed by atoms with Gasteiger partial charge < -0.3 is 26.0 Å². The quantitative estimate of drug-likeness (QED) is 0.283. The number of amides is 4. The van der Waals surface area contributed by atoms with Gasteiger partial charge in [0, 0.05) is 25.1 Å². The molecule has 0 aliphatic heterocycles. The van der Waals surface area contributed by atoms with Crippen molar-refractivity contribution in [2.75, 3.05) is 13.1 Å². The van der Waals surface area contributed by atoms with Crippen LogP contribution in [0.5, 0.6) is 0 Å². The lowest BCUT2D eigenvalue weighted by Gasteiger charge is -2.34. The van der Waals surface area contributed by atoms with E-state index >= 15 is 0 Å². The molecule has 0 spiro atoms. The molecule has 0 fully saturated rings. The molecule has 9 nitrogen and oxygen atoms in total. The lowest BCUT2D eigenvalue weighted by Crippen LogP contribution is -2.53. The fourth-order valence-corrected chi connectivity index (χ4v) is 3.52. The third kappa shape index (κ3) is 10.4. The van der Waals surface area contributed by atoms with Gasteiger partial charge in [0.2, 0.25) is 17.7 Å². The summed E-state index contributed by atoms with van der Waals surface area (Å²) in [5.41, 5.74) is 5.75. The molecule has 0 saturated carbocycles. The lowest BCUT2D eigenvalue weighted by atomic mass is 10.00. The number of ether oxygens (including phenoxy) is 1. The maximum Gasteiger partial charge on any atom is 0.408 e. The minimum absolute atomic E-state index is 0.0339.